The summed E-state index contributed by atoms with van der Waals surface area (Å²) in [5.41, 5.74) is 0.769. The second kappa shape index (κ2) is 10.4. The van der Waals surface area contributed by atoms with Crippen LogP contribution in [0, 0.1) is 0 Å². The van der Waals surface area contributed by atoms with Gasteiger partial charge in [-0.3, -0.25) is 4.79 Å². The van der Waals surface area contributed by atoms with Crippen LogP contribution in [0.5, 0.6) is 5.75 Å². The number of esters is 1. The molecule has 0 saturated heterocycles. The predicted octanol–water partition coefficient (Wildman–Crippen LogP) is 1.40. The summed E-state index contributed by atoms with van der Waals surface area (Å²) in [5.74, 6) is -0.270. The van der Waals surface area contributed by atoms with E-state index in [9.17, 15) is 9.59 Å². The average molecular weight is 307 g/mol. The molecule has 0 aliphatic rings. The fourth-order valence-electron chi connectivity index (χ4n) is 1.59. The van der Waals surface area contributed by atoms with Crippen LogP contribution in [0.1, 0.15) is 12.5 Å². The van der Waals surface area contributed by atoms with Crippen LogP contribution in [0.4, 0.5) is 0 Å². The summed E-state index contributed by atoms with van der Waals surface area (Å²) in [6.45, 7) is 2.89. The molecule has 0 unspecified atom stereocenters. The first kappa shape index (κ1) is 17.7. The molecule has 0 heterocycles. The Labute approximate surface area is 130 Å². The molecule has 120 valence electrons. The van der Waals surface area contributed by atoms with Gasteiger partial charge in [0.25, 0.3) is 5.91 Å². The van der Waals surface area contributed by atoms with E-state index in [1.54, 1.807) is 6.08 Å². The Morgan fingerprint density at radius 3 is 2.77 bits per heavy atom. The lowest BCUT2D eigenvalue weighted by Gasteiger charge is -2.06. The van der Waals surface area contributed by atoms with Crippen molar-refractivity contribution in [2.45, 2.75) is 6.92 Å². The molecule has 1 aromatic carbocycles. The highest BCUT2D eigenvalue weighted by Crippen LogP contribution is 2.19. The van der Waals surface area contributed by atoms with E-state index < -0.39 is 5.97 Å². The molecule has 0 spiro atoms. The lowest BCUT2D eigenvalue weighted by Crippen LogP contribution is -2.31. The number of amides is 1. The quantitative estimate of drug-likeness (QED) is 0.424. The maximum absolute atomic E-state index is 11.6. The van der Waals surface area contributed by atoms with E-state index in [4.69, 9.17) is 14.2 Å². The zero-order valence-electron chi connectivity index (χ0n) is 12.8. The smallest absolute Gasteiger partial charge is 0.331 e. The maximum Gasteiger partial charge on any atom is 0.331 e. The predicted molar refractivity (Wildman–Crippen MR) is 82.5 cm³/mol. The van der Waals surface area contributed by atoms with Gasteiger partial charge in [-0.05, 0) is 19.1 Å². The molecule has 0 aliphatic carbocycles. The van der Waals surface area contributed by atoms with E-state index in [-0.39, 0.29) is 12.5 Å². The Morgan fingerprint density at radius 1 is 1.27 bits per heavy atom. The van der Waals surface area contributed by atoms with E-state index in [1.165, 1.54) is 13.2 Å². The van der Waals surface area contributed by atoms with Crippen molar-refractivity contribution >= 4 is 18.0 Å². The standard InChI is InChI=1S/C16H21NO5/c1-3-21-14-7-5-4-6-13(14)8-9-16(19)22-12-15(18)17-10-11-20-2/h4-9H,3,10-12H2,1-2H3,(H,17,18)/b9-8+. The zero-order valence-corrected chi connectivity index (χ0v) is 12.8. The number of methoxy groups -OCH3 is 1. The van der Waals surface area contributed by atoms with Crippen LogP contribution in [0.3, 0.4) is 0 Å². The molecule has 6 nitrogen and oxygen atoms in total. The van der Waals surface area contributed by atoms with Gasteiger partial charge >= 0.3 is 5.97 Å². The Hall–Kier alpha value is -2.34. The molecule has 0 aromatic heterocycles. The van der Waals surface area contributed by atoms with Crippen molar-refractivity contribution in [2.24, 2.45) is 0 Å². The fraction of sp³-hybridized carbons (Fsp3) is 0.375. The van der Waals surface area contributed by atoms with Gasteiger partial charge in [0.05, 0.1) is 13.2 Å². The lowest BCUT2D eigenvalue weighted by molar-refractivity contribution is -0.143. The number of ether oxygens (including phenoxy) is 3. The van der Waals surface area contributed by atoms with Crippen LogP contribution in [-0.4, -0.2) is 45.4 Å². The zero-order chi connectivity index (χ0) is 16.2. The van der Waals surface area contributed by atoms with E-state index in [2.05, 4.69) is 5.32 Å². The number of nitrogens with one attached hydrogen (secondary N) is 1. The third-order valence-electron chi connectivity index (χ3n) is 2.59. The third-order valence-corrected chi connectivity index (χ3v) is 2.59. The minimum atomic E-state index is -0.590. The molecule has 0 aliphatic heterocycles. The number of hydrogen-bond donors (Lipinski definition) is 1. The Bertz CT molecular complexity index is 513. The van der Waals surface area contributed by atoms with Gasteiger partial charge in [0.1, 0.15) is 5.75 Å². The first-order valence-corrected chi connectivity index (χ1v) is 6.99. The number of para-hydroxylation sites is 1. The van der Waals surface area contributed by atoms with E-state index in [1.807, 2.05) is 31.2 Å². The third kappa shape index (κ3) is 6.90. The van der Waals surface area contributed by atoms with Crippen LogP contribution in [0.15, 0.2) is 30.3 Å². The second-order valence-electron chi connectivity index (χ2n) is 4.25. The van der Waals surface area contributed by atoms with Crippen LogP contribution in [0.2, 0.25) is 0 Å². The molecule has 1 N–H and O–H groups in total. The van der Waals surface area contributed by atoms with Crippen LogP contribution < -0.4 is 10.1 Å². The number of carbonyl (C=O) groups is 2. The van der Waals surface area contributed by atoms with Crippen molar-refractivity contribution in [2.75, 3.05) is 33.5 Å². The number of carbonyl (C=O) groups excluding carboxylic acids is 2. The molecule has 0 fully saturated rings. The van der Waals surface area contributed by atoms with Crippen molar-refractivity contribution in [1.82, 2.24) is 5.32 Å². The summed E-state index contributed by atoms with van der Waals surface area (Å²) in [6, 6.07) is 7.34. The first-order chi connectivity index (χ1) is 10.7. The van der Waals surface area contributed by atoms with Gasteiger partial charge < -0.3 is 19.5 Å². The SMILES string of the molecule is CCOc1ccccc1/C=C/C(=O)OCC(=O)NCCOC. The van der Waals surface area contributed by atoms with E-state index >= 15 is 0 Å². The van der Waals surface area contributed by atoms with Gasteiger partial charge in [-0.2, -0.15) is 0 Å². The first-order valence-electron chi connectivity index (χ1n) is 6.99. The Kier molecular flexibility index (Phi) is 8.37. The largest absolute Gasteiger partial charge is 0.493 e. The van der Waals surface area contributed by atoms with Crippen molar-refractivity contribution in [3.63, 3.8) is 0 Å². The molecular formula is C16H21NO5. The van der Waals surface area contributed by atoms with Crippen LogP contribution in [-0.2, 0) is 19.1 Å². The molecule has 0 saturated carbocycles. The number of hydrogen-bond acceptors (Lipinski definition) is 5. The summed E-state index contributed by atoms with van der Waals surface area (Å²) in [5, 5.41) is 2.55. The van der Waals surface area contributed by atoms with Gasteiger partial charge in [0.15, 0.2) is 6.61 Å². The fourth-order valence-corrected chi connectivity index (χ4v) is 1.59. The van der Waals surface area contributed by atoms with Crippen molar-refractivity contribution in [3.05, 3.63) is 35.9 Å². The highest BCUT2D eigenvalue weighted by Gasteiger charge is 2.05. The van der Waals surface area contributed by atoms with Crippen molar-refractivity contribution < 1.29 is 23.8 Å². The highest BCUT2D eigenvalue weighted by molar-refractivity contribution is 5.89. The van der Waals surface area contributed by atoms with Gasteiger partial charge in [-0.25, -0.2) is 4.79 Å². The van der Waals surface area contributed by atoms with Crippen molar-refractivity contribution in [1.29, 1.82) is 0 Å². The summed E-state index contributed by atoms with van der Waals surface area (Å²) >= 11 is 0. The summed E-state index contributed by atoms with van der Waals surface area (Å²) in [4.78, 5) is 22.9. The molecule has 22 heavy (non-hydrogen) atoms. The summed E-state index contributed by atoms with van der Waals surface area (Å²) in [6.07, 6.45) is 2.86. The van der Waals surface area contributed by atoms with E-state index in [0.717, 1.165) is 5.56 Å². The van der Waals surface area contributed by atoms with Gasteiger partial charge in [-0.1, -0.05) is 18.2 Å². The summed E-state index contributed by atoms with van der Waals surface area (Å²) in [7, 11) is 1.54. The molecule has 0 atom stereocenters. The molecular weight excluding hydrogens is 286 g/mol. The minimum absolute atomic E-state index is 0.319. The van der Waals surface area contributed by atoms with Gasteiger partial charge in [0, 0.05) is 25.3 Å². The second-order valence-corrected chi connectivity index (χ2v) is 4.25. The Balaban J connectivity index is 2.43. The lowest BCUT2D eigenvalue weighted by atomic mass is 10.2. The van der Waals surface area contributed by atoms with Crippen LogP contribution >= 0.6 is 0 Å². The normalized spacial score (nSPS) is 10.5. The monoisotopic (exact) mass is 307 g/mol. The maximum atomic E-state index is 11.6. The van der Waals surface area contributed by atoms with Gasteiger partial charge in [-0.15, -0.1) is 0 Å². The number of rotatable bonds is 9. The Morgan fingerprint density at radius 2 is 2.05 bits per heavy atom. The minimum Gasteiger partial charge on any atom is -0.493 e. The van der Waals surface area contributed by atoms with Crippen molar-refractivity contribution in [3.8, 4) is 5.75 Å². The number of benzene rings is 1. The molecule has 1 rings (SSSR count). The molecule has 1 aromatic rings. The molecule has 1 amide bonds. The molecule has 0 radical (unpaired) electrons. The molecule has 0 bridgehead atoms. The highest BCUT2D eigenvalue weighted by atomic mass is 16.5. The summed E-state index contributed by atoms with van der Waals surface area (Å²) < 4.78 is 15.1. The molecule has 6 heteroatoms. The topological polar surface area (TPSA) is 73.9 Å². The van der Waals surface area contributed by atoms with Gasteiger partial charge in [0.2, 0.25) is 0 Å². The van der Waals surface area contributed by atoms with Crippen LogP contribution in [0.25, 0.3) is 6.08 Å². The average Bonchev–Trinajstić information content (AvgIpc) is 2.52. The van der Waals surface area contributed by atoms with E-state index in [0.29, 0.717) is 25.5 Å².